The maximum Gasteiger partial charge on any atom is 0.127 e. The summed E-state index contributed by atoms with van der Waals surface area (Å²) in [6.07, 6.45) is 4.33. The molecule has 2 nitrogen and oxygen atoms in total. The maximum atomic E-state index is 5.77. The van der Waals surface area contributed by atoms with Crippen molar-refractivity contribution < 1.29 is 9.47 Å². The van der Waals surface area contributed by atoms with Crippen LogP contribution in [0, 0.1) is 7.14 Å². The molecule has 2 aromatic rings. The lowest BCUT2D eigenvalue weighted by Crippen LogP contribution is -2.10. The molecule has 0 bridgehead atoms. The van der Waals surface area contributed by atoms with Crippen LogP contribution >= 0.6 is 45.2 Å². The van der Waals surface area contributed by atoms with Crippen molar-refractivity contribution in [2.75, 3.05) is 13.2 Å². The van der Waals surface area contributed by atoms with E-state index in [-0.39, 0.29) is 0 Å². The van der Waals surface area contributed by atoms with Gasteiger partial charge in [-0.05, 0) is 105 Å². The van der Waals surface area contributed by atoms with Crippen LogP contribution in [0.4, 0.5) is 0 Å². The van der Waals surface area contributed by atoms with Gasteiger partial charge in [0.1, 0.15) is 24.7 Å². The zero-order valence-electron chi connectivity index (χ0n) is 11.6. The van der Waals surface area contributed by atoms with E-state index >= 15 is 0 Å². The molecule has 0 atom stereocenters. The third-order valence-electron chi connectivity index (χ3n) is 3.81. The van der Waals surface area contributed by atoms with Crippen molar-refractivity contribution in [3.63, 3.8) is 0 Å². The van der Waals surface area contributed by atoms with Crippen LogP contribution in [0.25, 0.3) is 11.1 Å². The van der Waals surface area contributed by atoms with Crippen LogP contribution in [0.1, 0.15) is 11.1 Å². The van der Waals surface area contributed by atoms with Crippen molar-refractivity contribution in [2.24, 2.45) is 0 Å². The number of hydrogen-bond acceptors (Lipinski definition) is 2. The van der Waals surface area contributed by atoms with Crippen molar-refractivity contribution >= 4 is 56.3 Å². The molecule has 4 heteroatoms. The Hall–Kier alpha value is -1.02. The largest absolute Gasteiger partial charge is 0.489 e. The highest BCUT2D eigenvalue weighted by atomic mass is 127. The van der Waals surface area contributed by atoms with E-state index in [1.807, 2.05) is 0 Å². The molecule has 2 heterocycles. The van der Waals surface area contributed by atoms with Crippen molar-refractivity contribution in [3.05, 3.63) is 66.8 Å². The predicted octanol–water partition coefficient (Wildman–Crippen LogP) is 5.15. The monoisotopic (exact) mass is 514 g/mol. The van der Waals surface area contributed by atoms with Crippen molar-refractivity contribution in [2.45, 2.75) is 0 Å². The van der Waals surface area contributed by atoms with Gasteiger partial charge in [0.15, 0.2) is 0 Å². The fourth-order valence-corrected chi connectivity index (χ4v) is 3.82. The highest BCUT2D eigenvalue weighted by molar-refractivity contribution is 14.1. The van der Waals surface area contributed by atoms with Gasteiger partial charge in [-0.2, -0.15) is 0 Å². The quantitative estimate of drug-likeness (QED) is 0.491. The molecule has 0 aromatic heterocycles. The molecule has 0 radical (unpaired) electrons. The number of ether oxygens (including phenoxy) is 2. The third-order valence-corrected chi connectivity index (χ3v) is 5.15. The summed E-state index contributed by atoms with van der Waals surface area (Å²) in [7, 11) is 0. The fourth-order valence-electron chi connectivity index (χ4n) is 2.84. The van der Waals surface area contributed by atoms with Crippen LogP contribution in [0.15, 0.2) is 48.6 Å². The molecular weight excluding hydrogens is 502 g/mol. The molecule has 0 amide bonds. The first kappa shape index (κ1) is 14.6. The minimum absolute atomic E-state index is 0.611. The van der Waals surface area contributed by atoms with E-state index in [0.717, 1.165) is 22.6 Å². The number of benzene rings is 2. The molecule has 4 rings (SSSR count). The highest BCUT2D eigenvalue weighted by Gasteiger charge is 2.23. The van der Waals surface area contributed by atoms with Crippen molar-refractivity contribution in [3.8, 4) is 11.5 Å². The zero-order valence-corrected chi connectivity index (χ0v) is 15.9. The average Bonchev–Trinajstić information content (AvgIpc) is 2.54. The van der Waals surface area contributed by atoms with Gasteiger partial charge in [-0.3, -0.25) is 0 Å². The summed E-state index contributed by atoms with van der Waals surface area (Å²) in [5, 5.41) is 0. The van der Waals surface area contributed by atoms with Gasteiger partial charge in [-0.15, -0.1) is 0 Å². The van der Waals surface area contributed by atoms with Gasteiger partial charge in [0.05, 0.1) is 0 Å². The first-order valence-corrected chi connectivity index (χ1v) is 9.14. The second-order valence-corrected chi connectivity index (χ2v) is 7.63. The topological polar surface area (TPSA) is 18.5 Å². The predicted molar refractivity (Wildman–Crippen MR) is 105 cm³/mol. The molecule has 110 valence electrons. The van der Waals surface area contributed by atoms with Gasteiger partial charge in [0.2, 0.25) is 0 Å². The fraction of sp³-hybridized carbons (Fsp3) is 0.111. The molecule has 0 saturated heterocycles. The zero-order chi connectivity index (χ0) is 15.1. The summed E-state index contributed by atoms with van der Waals surface area (Å²) < 4.78 is 14.0. The Bertz CT molecular complexity index is 752. The summed E-state index contributed by atoms with van der Waals surface area (Å²) in [6, 6.07) is 12.6. The summed E-state index contributed by atoms with van der Waals surface area (Å²) >= 11 is 4.69. The molecular formula is C18H12I2O2. The molecule has 2 aliphatic rings. The number of rotatable bonds is 1. The molecule has 0 saturated carbocycles. The second kappa shape index (κ2) is 5.88. The summed E-state index contributed by atoms with van der Waals surface area (Å²) in [4.78, 5) is 0. The standard InChI is InChI=1S/C18H12I2O2/c19-11-1-3-17-15(9-11)13(5-7-21-17)14-6-8-22-18-4-2-12(20)10-16(14)18/h1-6,9-10H,7-8H2. The van der Waals surface area contributed by atoms with E-state index in [1.165, 1.54) is 18.3 Å². The van der Waals surface area contributed by atoms with Crippen LogP contribution in [-0.4, -0.2) is 13.2 Å². The minimum Gasteiger partial charge on any atom is -0.489 e. The van der Waals surface area contributed by atoms with E-state index in [1.54, 1.807) is 0 Å². The van der Waals surface area contributed by atoms with Crippen molar-refractivity contribution in [1.29, 1.82) is 0 Å². The van der Waals surface area contributed by atoms with E-state index in [2.05, 4.69) is 93.7 Å². The van der Waals surface area contributed by atoms with E-state index in [0.29, 0.717) is 13.2 Å². The third kappa shape index (κ3) is 2.56. The molecule has 2 aliphatic heterocycles. The van der Waals surface area contributed by atoms with Gasteiger partial charge in [0.25, 0.3) is 0 Å². The molecule has 0 N–H and O–H groups in total. The number of allylic oxidation sites excluding steroid dienone is 2. The normalized spacial score (nSPS) is 15.7. The van der Waals surface area contributed by atoms with Gasteiger partial charge >= 0.3 is 0 Å². The van der Waals surface area contributed by atoms with Gasteiger partial charge in [-0.1, -0.05) is 0 Å². The van der Waals surface area contributed by atoms with E-state index in [4.69, 9.17) is 9.47 Å². The lowest BCUT2D eigenvalue weighted by molar-refractivity contribution is 0.355. The van der Waals surface area contributed by atoms with Crippen LogP contribution in [0.2, 0.25) is 0 Å². The summed E-state index contributed by atoms with van der Waals surface area (Å²) in [6.45, 7) is 1.22. The SMILES string of the molecule is Ic1ccc2c(c1)C(C1=CCOc3ccc(I)cc31)=CCO2. The molecule has 0 unspecified atom stereocenters. The maximum absolute atomic E-state index is 5.77. The van der Waals surface area contributed by atoms with E-state index < -0.39 is 0 Å². The molecule has 0 fully saturated rings. The Kier molecular flexibility index (Phi) is 3.89. The first-order valence-electron chi connectivity index (χ1n) is 6.98. The Morgan fingerprint density at radius 2 is 1.14 bits per heavy atom. The lowest BCUT2D eigenvalue weighted by Gasteiger charge is -2.25. The van der Waals surface area contributed by atoms with Gasteiger partial charge < -0.3 is 9.47 Å². The van der Waals surface area contributed by atoms with Crippen LogP contribution < -0.4 is 9.47 Å². The lowest BCUT2D eigenvalue weighted by atomic mass is 9.89. The molecule has 22 heavy (non-hydrogen) atoms. The van der Waals surface area contributed by atoms with Crippen LogP contribution in [0.3, 0.4) is 0 Å². The summed E-state index contributed by atoms with van der Waals surface area (Å²) in [5.74, 6) is 1.91. The van der Waals surface area contributed by atoms with E-state index in [9.17, 15) is 0 Å². The number of hydrogen-bond donors (Lipinski definition) is 0. The number of halogens is 2. The van der Waals surface area contributed by atoms with Crippen LogP contribution in [-0.2, 0) is 0 Å². The Balaban J connectivity index is 1.87. The first-order chi connectivity index (χ1) is 10.7. The average molecular weight is 514 g/mol. The second-order valence-electron chi connectivity index (χ2n) is 5.14. The molecule has 0 aliphatic carbocycles. The molecule has 0 spiro atoms. The summed E-state index contributed by atoms with van der Waals surface area (Å²) in [5.41, 5.74) is 4.81. The molecule has 2 aromatic carbocycles. The van der Waals surface area contributed by atoms with Gasteiger partial charge in [0, 0.05) is 18.3 Å². The van der Waals surface area contributed by atoms with Crippen molar-refractivity contribution in [1.82, 2.24) is 0 Å². The van der Waals surface area contributed by atoms with Gasteiger partial charge in [-0.25, -0.2) is 0 Å². The number of fused-ring (bicyclic) bond motifs is 2. The highest BCUT2D eigenvalue weighted by Crippen LogP contribution is 2.43. The Morgan fingerprint density at radius 1 is 0.682 bits per heavy atom. The smallest absolute Gasteiger partial charge is 0.127 e. The Morgan fingerprint density at radius 3 is 1.59 bits per heavy atom. The Labute approximate surface area is 156 Å². The van der Waals surface area contributed by atoms with Crippen LogP contribution in [0.5, 0.6) is 11.5 Å². The minimum atomic E-state index is 0.611.